The first-order chi connectivity index (χ1) is 12.6. The van der Waals surface area contributed by atoms with E-state index in [-0.39, 0.29) is 24.0 Å². The second kappa shape index (κ2) is 7.92. The zero-order valence-corrected chi connectivity index (χ0v) is 14.7. The Hall–Kier alpha value is -3.00. The van der Waals surface area contributed by atoms with Gasteiger partial charge in [-0.1, -0.05) is 12.1 Å². The molecule has 134 valence electrons. The predicted octanol–water partition coefficient (Wildman–Crippen LogP) is 2.35. The number of amides is 2. The molecule has 0 aliphatic carbocycles. The first-order valence-corrected chi connectivity index (χ1v) is 8.70. The molecule has 2 amide bonds. The maximum atomic E-state index is 12.1. The van der Waals surface area contributed by atoms with Crippen molar-refractivity contribution in [3.05, 3.63) is 48.0 Å². The number of ether oxygens (including phenoxy) is 1. The van der Waals surface area contributed by atoms with Crippen molar-refractivity contribution in [3.8, 4) is 11.5 Å². The Bertz CT molecular complexity index is 869. The summed E-state index contributed by atoms with van der Waals surface area (Å²) in [6, 6.07) is 12.2. The van der Waals surface area contributed by atoms with Crippen LogP contribution in [-0.4, -0.2) is 35.5 Å². The van der Waals surface area contributed by atoms with Gasteiger partial charge in [0.2, 0.25) is 11.8 Å². The molecule has 1 unspecified atom stereocenters. The molecule has 2 aromatic carbocycles. The Labute approximate surface area is 154 Å². The molecule has 0 radical (unpaired) electrons. The van der Waals surface area contributed by atoms with Gasteiger partial charge in [-0.3, -0.25) is 9.59 Å². The highest BCUT2D eigenvalue weighted by atomic mass is 32.2. The molecule has 0 spiro atoms. The number of phenols is 1. The largest absolute Gasteiger partial charge is 0.504 e. The Morgan fingerprint density at radius 2 is 2.19 bits per heavy atom. The number of rotatable bonds is 5. The van der Waals surface area contributed by atoms with Crippen LogP contribution < -0.4 is 15.5 Å². The fourth-order valence-corrected chi connectivity index (χ4v) is 3.50. The third kappa shape index (κ3) is 4.15. The molecule has 1 aliphatic heterocycles. The standard InChI is InChI=1S/C18H17N3O4S/c1-25-14-8-11(6-7-13(14)22)10-19-21-17(23)9-16-18(24)20-12-4-2-3-5-15(12)26-16/h2-8,10,16,22H,9H2,1H3,(H,20,24)(H,21,23). The van der Waals surface area contributed by atoms with Crippen LogP contribution in [0.3, 0.4) is 0 Å². The van der Waals surface area contributed by atoms with E-state index >= 15 is 0 Å². The van der Waals surface area contributed by atoms with Crippen molar-refractivity contribution in [1.29, 1.82) is 0 Å². The molecule has 1 heterocycles. The van der Waals surface area contributed by atoms with Crippen LogP contribution in [0.1, 0.15) is 12.0 Å². The topological polar surface area (TPSA) is 100 Å². The molecule has 3 rings (SSSR count). The number of methoxy groups -OCH3 is 1. The van der Waals surface area contributed by atoms with E-state index in [0.29, 0.717) is 11.3 Å². The van der Waals surface area contributed by atoms with Crippen LogP contribution in [0.4, 0.5) is 5.69 Å². The SMILES string of the molecule is COc1cc(C=NNC(=O)CC2Sc3ccccc3NC2=O)ccc1O. The van der Waals surface area contributed by atoms with Crippen LogP contribution in [0, 0.1) is 0 Å². The molecule has 0 aromatic heterocycles. The number of thioether (sulfide) groups is 1. The van der Waals surface area contributed by atoms with Gasteiger partial charge in [0.1, 0.15) is 0 Å². The van der Waals surface area contributed by atoms with Crippen molar-refractivity contribution >= 4 is 35.5 Å². The first-order valence-electron chi connectivity index (χ1n) is 7.82. The van der Waals surface area contributed by atoms with Gasteiger partial charge in [-0.05, 0) is 35.9 Å². The van der Waals surface area contributed by atoms with E-state index in [1.165, 1.54) is 31.2 Å². The molecular formula is C18H17N3O4S. The average Bonchev–Trinajstić information content (AvgIpc) is 2.63. The lowest BCUT2D eigenvalue weighted by Crippen LogP contribution is -2.33. The fourth-order valence-electron chi connectivity index (χ4n) is 2.39. The lowest BCUT2D eigenvalue weighted by Gasteiger charge is -2.23. The number of hydrogen-bond donors (Lipinski definition) is 3. The van der Waals surface area contributed by atoms with Gasteiger partial charge in [0.05, 0.1) is 24.3 Å². The van der Waals surface area contributed by atoms with Crippen molar-refractivity contribution in [2.24, 2.45) is 5.10 Å². The van der Waals surface area contributed by atoms with Crippen molar-refractivity contribution < 1.29 is 19.4 Å². The minimum absolute atomic E-state index is 0.0150. The summed E-state index contributed by atoms with van der Waals surface area (Å²) in [5, 5.41) is 15.7. The van der Waals surface area contributed by atoms with Crippen LogP contribution in [-0.2, 0) is 9.59 Å². The van der Waals surface area contributed by atoms with Crippen molar-refractivity contribution in [2.75, 3.05) is 12.4 Å². The van der Waals surface area contributed by atoms with E-state index in [0.717, 1.165) is 10.6 Å². The summed E-state index contributed by atoms with van der Waals surface area (Å²) in [6.45, 7) is 0. The number of para-hydroxylation sites is 1. The number of carbonyl (C=O) groups is 2. The van der Waals surface area contributed by atoms with E-state index < -0.39 is 5.25 Å². The highest BCUT2D eigenvalue weighted by molar-refractivity contribution is 8.01. The highest BCUT2D eigenvalue weighted by Gasteiger charge is 2.28. The molecule has 26 heavy (non-hydrogen) atoms. The summed E-state index contributed by atoms with van der Waals surface area (Å²) in [6.07, 6.45) is 1.45. The van der Waals surface area contributed by atoms with Crippen LogP contribution in [0.25, 0.3) is 0 Å². The monoisotopic (exact) mass is 371 g/mol. The summed E-state index contributed by atoms with van der Waals surface area (Å²) in [4.78, 5) is 25.1. The van der Waals surface area contributed by atoms with Gasteiger partial charge in [-0.15, -0.1) is 11.8 Å². The molecule has 7 nitrogen and oxygen atoms in total. The Kier molecular flexibility index (Phi) is 5.43. The zero-order valence-electron chi connectivity index (χ0n) is 13.9. The molecule has 0 saturated heterocycles. The molecule has 0 fully saturated rings. The van der Waals surface area contributed by atoms with E-state index in [9.17, 15) is 14.7 Å². The van der Waals surface area contributed by atoms with E-state index in [4.69, 9.17) is 4.74 Å². The second-order valence-corrected chi connectivity index (χ2v) is 6.77. The van der Waals surface area contributed by atoms with Gasteiger partial charge in [0.15, 0.2) is 11.5 Å². The minimum atomic E-state index is -0.506. The number of phenolic OH excluding ortho intramolecular Hbond substituents is 1. The van der Waals surface area contributed by atoms with Crippen LogP contribution >= 0.6 is 11.8 Å². The van der Waals surface area contributed by atoms with Gasteiger partial charge in [0.25, 0.3) is 0 Å². The molecule has 1 atom stereocenters. The van der Waals surface area contributed by atoms with Crippen LogP contribution in [0.5, 0.6) is 11.5 Å². The van der Waals surface area contributed by atoms with Crippen molar-refractivity contribution in [2.45, 2.75) is 16.6 Å². The number of aromatic hydroxyl groups is 1. The first kappa shape index (κ1) is 17.8. The molecule has 3 N–H and O–H groups in total. The molecular weight excluding hydrogens is 354 g/mol. The van der Waals surface area contributed by atoms with E-state index in [1.807, 2.05) is 24.3 Å². The lowest BCUT2D eigenvalue weighted by molar-refractivity contribution is -0.124. The van der Waals surface area contributed by atoms with Gasteiger partial charge in [0, 0.05) is 11.3 Å². The molecule has 2 aromatic rings. The van der Waals surface area contributed by atoms with Crippen LogP contribution in [0.15, 0.2) is 52.5 Å². The number of benzene rings is 2. The highest BCUT2D eigenvalue weighted by Crippen LogP contribution is 2.36. The summed E-state index contributed by atoms with van der Waals surface area (Å²) in [7, 11) is 1.45. The van der Waals surface area contributed by atoms with Crippen molar-refractivity contribution in [1.82, 2.24) is 5.43 Å². The number of carbonyl (C=O) groups excluding carboxylic acids is 2. The summed E-state index contributed by atoms with van der Waals surface area (Å²) < 4.78 is 5.01. The average molecular weight is 371 g/mol. The number of nitrogens with one attached hydrogen (secondary N) is 2. The van der Waals surface area contributed by atoms with E-state index in [1.54, 1.807) is 12.1 Å². The Morgan fingerprint density at radius 3 is 3.00 bits per heavy atom. The predicted molar refractivity (Wildman–Crippen MR) is 99.7 cm³/mol. The summed E-state index contributed by atoms with van der Waals surface area (Å²) in [5.41, 5.74) is 3.82. The summed E-state index contributed by atoms with van der Waals surface area (Å²) >= 11 is 1.36. The smallest absolute Gasteiger partial charge is 0.241 e. The van der Waals surface area contributed by atoms with Gasteiger partial charge in [-0.2, -0.15) is 5.10 Å². The normalized spacial score (nSPS) is 16.0. The quantitative estimate of drug-likeness (QED) is 0.553. The van der Waals surface area contributed by atoms with E-state index in [2.05, 4.69) is 15.8 Å². The molecule has 0 saturated carbocycles. The fraction of sp³-hybridized carbons (Fsp3) is 0.167. The number of fused-ring (bicyclic) bond motifs is 1. The van der Waals surface area contributed by atoms with Crippen molar-refractivity contribution in [3.63, 3.8) is 0 Å². The minimum Gasteiger partial charge on any atom is -0.504 e. The zero-order chi connectivity index (χ0) is 18.5. The van der Waals surface area contributed by atoms with Gasteiger partial charge in [-0.25, -0.2) is 5.43 Å². The Balaban J connectivity index is 1.57. The number of nitrogens with zero attached hydrogens (tertiary/aromatic N) is 1. The maximum absolute atomic E-state index is 12.1. The molecule has 0 bridgehead atoms. The molecule has 1 aliphatic rings. The Morgan fingerprint density at radius 1 is 1.38 bits per heavy atom. The van der Waals surface area contributed by atoms with Gasteiger partial charge >= 0.3 is 0 Å². The van der Waals surface area contributed by atoms with Gasteiger partial charge < -0.3 is 15.2 Å². The number of hydrazone groups is 1. The third-order valence-corrected chi connectivity index (χ3v) is 4.96. The lowest BCUT2D eigenvalue weighted by atomic mass is 10.2. The second-order valence-electron chi connectivity index (χ2n) is 5.52. The third-order valence-electron chi connectivity index (χ3n) is 3.68. The van der Waals surface area contributed by atoms with Crippen LogP contribution in [0.2, 0.25) is 0 Å². The molecule has 8 heteroatoms. The maximum Gasteiger partial charge on any atom is 0.241 e. The number of anilines is 1. The summed E-state index contributed by atoms with van der Waals surface area (Å²) in [5.74, 6) is -0.223. The number of hydrogen-bond acceptors (Lipinski definition) is 6.